The Morgan fingerprint density at radius 1 is 0.966 bits per heavy atom. The van der Waals surface area contributed by atoms with Crippen LogP contribution in [0.4, 0.5) is 0 Å². The lowest BCUT2D eigenvalue weighted by Crippen LogP contribution is -2.56. The Labute approximate surface area is 170 Å². The Bertz CT molecular complexity index is 774. The van der Waals surface area contributed by atoms with E-state index in [0.29, 0.717) is 52.0 Å². The Balaban J connectivity index is 1.55. The highest BCUT2D eigenvalue weighted by Gasteiger charge is 2.41. The Morgan fingerprint density at radius 3 is 2.14 bits per heavy atom. The molecule has 0 N–H and O–H groups in total. The topological polar surface area (TPSA) is 115 Å². The summed E-state index contributed by atoms with van der Waals surface area (Å²) in [7, 11) is -3.44. The molecule has 0 bridgehead atoms. The molecule has 0 saturated carbocycles. The molecular weight excluding hydrogens is 400 g/mol. The maximum atomic E-state index is 12.9. The molecule has 4 amide bonds. The quantitative estimate of drug-likeness (QED) is 0.502. The number of carbonyl (C=O) groups is 4. The summed E-state index contributed by atoms with van der Waals surface area (Å²) in [5.74, 6) is -1.14. The first kappa shape index (κ1) is 21.7. The Kier molecular flexibility index (Phi) is 6.57. The van der Waals surface area contributed by atoms with E-state index in [4.69, 9.17) is 0 Å². The van der Waals surface area contributed by atoms with Gasteiger partial charge in [-0.1, -0.05) is 6.92 Å². The zero-order valence-electron chi connectivity index (χ0n) is 16.7. The summed E-state index contributed by atoms with van der Waals surface area (Å²) < 4.78 is 26.2. The Hall–Kier alpha value is -2.01. The zero-order chi connectivity index (χ0) is 21.2. The monoisotopic (exact) mass is 428 g/mol. The number of imide groups is 1. The molecule has 1 atom stereocenters. The molecule has 3 heterocycles. The van der Waals surface area contributed by atoms with Gasteiger partial charge in [0.25, 0.3) is 0 Å². The van der Waals surface area contributed by atoms with Crippen molar-refractivity contribution >= 4 is 33.7 Å². The molecule has 1 unspecified atom stereocenters. The van der Waals surface area contributed by atoms with Gasteiger partial charge in [0.05, 0.1) is 5.75 Å². The van der Waals surface area contributed by atoms with Crippen molar-refractivity contribution in [3.05, 3.63) is 0 Å². The summed E-state index contributed by atoms with van der Waals surface area (Å²) in [6, 6.07) is -0.659. The molecule has 11 heteroatoms. The smallest absolute Gasteiger partial charge is 0.242 e. The number of rotatable bonds is 6. The molecule has 0 aromatic carbocycles. The molecule has 162 valence electrons. The van der Waals surface area contributed by atoms with E-state index in [0.717, 1.165) is 4.90 Å². The van der Waals surface area contributed by atoms with Gasteiger partial charge in [-0.15, -0.1) is 0 Å². The third-order valence-corrected chi connectivity index (χ3v) is 7.78. The van der Waals surface area contributed by atoms with Crippen molar-refractivity contribution in [1.29, 1.82) is 0 Å². The van der Waals surface area contributed by atoms with Gasteiger partial charge in [-0.05, 0) is 19.3 Å². The third kappa shape index (κ3) is 4.61. The standard InChI is InChI=1S/C18H28N4O6S/c1-2-12-29(27,28)22-7-3-4-14(22)18(26)20-10-8-19(9-11-20)17(25)13-21-15(23)5-6-16(21)24/h14H,2-13H2,1H3. The lowest BCUT2D eigenvalue weighted by Gasteiger charge is -2.37. The van der Waals surface area contributed by atoms with E-state index in [1.807, 2.05) is 0 Å². The van der Waals surface area contributed by atoms with Crippen LogP contribution < -0.4 is 0 Å². The van der Waals surface area contributed by atoms with Crippen molar-refractivity contribution in [1.82, 2.24) is 19.0 Å². The van der Waals surface area contributed by atoms with Crippen LogP contribution in [-0.4, -0.2) is 102 Å². The first-order valence-corrected chi connectivity index (χ1v) is 11.7. The first-order chi connectivity index (χ1) is 13.7. The van der Waals surface area contributed by atoms with Crippen LogP contribution in [0.5, 0.6) is 0 Å². The summed E-state index contributed by atoms with van der Waals surface area (Å²) >= 11 is 0. The van der Waals surface area contributed by atoms with Crippen LogP contribution in [-0.2, 0) is 29.2 Å². The molecule has 29 heavy (non-hydrogen) atoms. The molecule has 3 aliphatic rings. The van der Waals surface area contributed by atoms with Crippen LogP contribution in [0.3, 0.4) is 0 Å². The van der Waals surface area contributed by atoms with Gasteiger partial charge in [-0.2, -0.15) is 4.31 Å². The molecule has 0 radical (unpaired) electrons. The highest BCUT2D eigenvalue weighted by Crippen LogP contribution is 2.24. The van der Waals surface area contributed by atoms with Gasteiger partial charge >= 0.3 is 0 Å². The number of hydrogen-bond donors (Lipinski definition) is 0. The molecule has 3 rings (SSSR count). The molecule has 3 fully saturated rings. The fourth-order valence-corrected chi connectivity index (χ4v) is 5.86. The van der Waals surface area contributed by atoms with Crippen molar-refractivity contribution in [3.8, 4) is 0 Å². The molecule has 0 aliphatic carbocycles. The first-order valence-electron chi connectivity index (χ1n) is 10.1. The largest absolute Gasteiger partial charge is 0.338 e. The van der Waals surface area contributed by atoms with Gasteiger partial charge < -0.3 is 9.80 Å². The van der Waals surface area contributed by atoms with Gasteiger partial charge in [-0.25, -0.2) is 8.42 Å². The van der Waals surface area contributed by atoms with Crippen LogP contribution >= 0.6 is 0 Å². The fourth-order valence-electron chi connectivity index (χ4n) is 4.12. The minimum absolute atomic E-state index is 0.0347. The van der Waals surface area contributed by atoms with Crippen LogP contribution in [0.1, 0.15) is 39.0 Å². The summed E-state index contributed by atoms with van der Waals surface area (Å²) in [5.41, 5.74) is 0. The lowest BCUT2D eigenvalue weighted by atomic mass is 10.2. The van der Waals surface area contributed by atoms with Crippen molar-refractivity contribution in [2.75, 3.05) is 45.0 Å². The van der Waals surface area contributed by atoms with E-state index >= 15 is 0 Å². The highest BCUT2D eigenvalue weighted by atomic mass is 32.2. The van der Waals surface area contributed by atoms with E-state index in [2.05, 4.69) is 0 Å². The van der Waals surface area contributed by atoms with Gasteiger partial charge in [0.1, 0.15) is 12.6 Å². The maximum Gasteiger partial charge on any atom is 0.242 e. The van der Waals surface area contributed by atoms with Gasteiger partial charge in [0.2, 0.25) is 33.7 Å². The molecule has 0 aromatic heterocycles. The SMILES string of the molecule is CCCS(=O)(=O)N1CCCC1C(=O)N1CCN(C(=O)CN2C(=O)CCC2=O)CC1. The van der Waals surface area contributed by atoms with E-state index in [1.54, 1.807) is 16.7 Å². The summed E-state index contributed by atoms with van der Waals surface area (Å²) in [6.45, 7) is 3.13. The average Bonchev–Trinajstić information content (AvgIpc) is 3.30. The average molecular weight is 429 g/mol. The second-order valence-electron chi connectivity index (χ2n) is 7.66. The second kappa shape index (κ2) is 8.78. The number of piperazine rings is 1. The van der Waals surface area contributed by atoms with Crippen LogP contribution in [0.2, 0.25) is 0 Å². The fraction of sp³-hybridized carbons (Fsp3) is 0.778. The van der Waals surface area contributed by atoms with Crippen molar-refractivity contribution in [2.45, 2.75) is 45.1 Å². The van der Waals surface area contributed by atoms with E-state index in [9.17, 15) is 27.6 Å². The van der Waals surface area contributed by atoms with Crippen molar-refractivity contribution in [3.63, 3.8) is 0 Å². The molecular formula is C18H28N4O6S. The summed E-state index contributed by atoms with van der Waals surface area (Å²) in [5, 5.41) is 0. The van der Waals surface area contributed by atoms with Gasteiger partial charge in [0, 0.05) is 45.6 Å². The Morgan fingerprint density at radius 2 is 1.55 bits per heavy atom. The second-order valence-corrected chi connectivity index (χ2v) is 9.71. The summed E-state index contributed by atoms with van der Waals surface area (Å²) in [4.78, 5) is 52.8. The predicted octanol–water partition coefficient (Wildman–Crippen LogP) is -0.990. The maximum absolute atomic E-state index is 12.9. The molecule has 0 spiro atoms. The minimum Gasteiger partial charge on any atom is -0.338 e. The normalized spacial score (nSPS) is 23.9. The van der Waals surface area contributed by atoms with Crippen LogP contribution in [0.25, 0.3) is 0 Å². The number of carbonyl (C=O) groups excluding carboxylic acids is 4. The predicted molar refractivity (Wildman–Crippen MR) is 103 cm³/mol. The number of hydrogen-bond acceptors (Lipinski definition) is 6. The molecule has 3 saturated heterocycles. The van der Waals surface area contributed by atoms with E-state index < -0.39 is 16.1 Å². The number of likely N-dealkylation sites (tertiary alicyclic amines) is 1. The van der Waals surface area contributed by atoms with Crippen LogP contribution in [0, 0.1) is 0 Å². The van der Waals surface area contributed by atoms with Crippen molar-refractivity contribution < 1.29 is 27.6 Å². The molecule has 3 aliphatic heterocycles. The lowest BCUT2D eigenvalue weighted by molar-refractivity contribution is -0.147. The summed E-state index contributed by atoms with van der Waals surface area (Å²) in [6.07, 6.45) is 1.97. The van der Waals surface area contributed by atoms with Gasteiger partial charge in [0.15, 0.2) is 0 Å². The van der Waals surface area contributed by atoms with Crippen molar-refractivity contribution in [2.24, 2.45) is 0 Å². The molecule has 10 nitrogen and oxygen atoms in total. The minimum atomic E-state index is -3.44. The number of amides is 4. The van der Waals surface area contributed by atoms with Crippen LogP contribution in [0.15, 0.2) is 0 Å². The third-order valence-electron chi connectivity index (χ3n) is 5.70. The van der Waals surface area contributed by atoms with E-state index in [1.165, 1.54) is 4.31 Å². The number of nitrogens with zero attached hydrogens (tertiary/aromatic N) is 4. The van der Waals surface area contributed by atoms with E-state index in [-0.39, 0.29) is 48.8 Å². The number of sulfonamides is 1. The molecule has 0 aromatic rings. The highest BCUT2D eigenvalue weighted by molar-refractivity contribution is 7.89. The zero-order valence-corrected chi connectivity index (χ0v) is 17.5. The van der Waals surface area contributed by atoms with Gasteiger partial charge in [-0.3, -0.25) is 24.1 Å².